The van der Waals surface area contributed by atoms with Gasteiger partial charge in [0.1, 0.15) is 5.60 Å². The fourth-order valence-corrected chi connectivity index (χ4v) is 1.33. The molecule has 0 bridgehead atoms. The van der Waals surface area contributed by atoms with Crippen LogP contribution < -0.4 is 9.47 Å². The Morgan fingerprint density at radius 2 is 1.94 bits per heavy atom. The van der Waals surface area contributed by atoms with Crippen LogP contribution in [0.25, 0.3) is 0 Å². The van der Waals surface area contributed by atoms with Gasteiger partial charge >= 0.3 is 5.97 Å². The predicted octanol–water partition coefficient (Wildman–Crippen LogP) is 1.63. The van der Waals surface area contributed by atoms with Crippen LogP contribution in [-0.4, -0.2) is 37.5 Å². The molecule has 0 atom stereocenters. The topological polar surface area (TPSA) is 65.0 Å². The van der Waals surface area contributed by atoms with E-state index in [4.69, 9.17) is 14.6 Å². The second-order valence-corrected chi connectivity index (χ2v) is 4.38. The number of hydrogen-bond acceptors (Lipinski definition) is 5. The van der Waals surface area contributed by atoms with E-state index in [2.05, 4.69) is 4.74 Å². The first kappa shape index (κ1) is 14.3. The normalized spacial score (nSPS) is 10.9. The van der Waals surface area contributed by atoms with Gasteiger partial charge in [0.25, 0.3) is 0 Å². The lowest BCUT2D eigenvalue weighted by Crippen LogP contribution is -2.32. The molecule has 0 aromatic heterocycles. The van der Waals surface area contributed by atoms with Gasteiger partial charge in [-0.25, -0.2) is 4.79 Å². The van der Waals surface area contributed by atoms with E-state index in [1.807, 2.05) is 0 Å². The third-order valence-corrected chi connectivity index (χ3v) is 2.35. The van der Waals surface area contributed by atoms with Gasteiger partial charge in [0.2, 0.25) is 0 Å². The minimum Gasteiger partial charge on any atom is -0.493 e. The highest BCUT2D eigenvalue weighted by atomic mass is 16.5. The Labute approximate surface area is 106 Å². The number of carbonyl (C=O) groups excluding carboxylic acids is 1. The van der Waals surface area contributed by atoms with Crippen molar-refractivity contribution in [1.29, 1.82) is 0 Å². The molecule has 1 N–H and O–H groups in total. The van der Waals surface area contributed by atoms with Gasteiger partial charge in [0.05, 0.1) is 26.4 Å². The Hall–Kier alpha value is -1.75. The van der Waals surface area contributed by atoms with Crippen LogP contribution in [0.2, 0.25) is 0 Å². The number of carbonyl (C=O) groups is 1. The van der Waals surface area contributed by atoms with Crippen LogP contribution in [-0.2, 0) is 4.74 Å². The highest BCUT2D eigenvalue weighted by Gasteiger charge is 2.21. The summed E-state index contributed by atoms with van der Waals surface area (Å²) in [5.41, 5.74) is -0.344. The molecular weight excluding hydrogens is 236 g/mol. The minimum absolute atomic E-state index is 0.130. The number of rotatable bonds is 5. The summed E-state index contributed by atoms with van der Waals surface area (Å²) in [5, 5.41) is 9.16. The first-order valence-electron chi connectivity index (χ1n) is 5.49. The molecule has 5 nitrogen and oxygen atoms in total. The second-order valence-electron chi connectivity index (χ2n) is 4.38. The third kappa shape index (κ3) is 3.37. The Kier molecular flexibility index (Phi) is 4.55. The second kappa shape index (κ2) is 5.73. The van der Waals surface area contributed by atoms with Gasteiger partial charge in [-0.15, -0.1) is 0 Å². The summed E-state index contributed by atoms with van der Waals surface area (Å²) in [6.45, 7) is 3.37. The van der Waals surface area contributed by atoms with E-state index < -0.39 is 11.6 Å². The van der Waals surface area contributed by atoms with E-state index in [0.717, 1.165) is 0 Å². The number of ether oxygens (including phenoxy) is 3. The molecule has 100 valence electrons. The number of aliphatic hydroxyl groups is 1. The molecular formula is C13H18O5. The van der Waals surface area contributed by atoms with Crippen molar-refractivity contribution >= 4 is 5.97 Å². The van der Waals surface area contributed by atoms with Crippen LogP contribution in [0, 0.1) is 0 Å². The average Bonchev–Trinajstić information content (AvgIpc) is 2.38. The lowest BCUT2D eigenvalue weighted by atomic mass is 10.1. The summed E-state index contributed by atoms with van der Waals surface area (Å²) in [5.74, 6) is 0.435. The SMILES string of the molecule is COC(=O)c1ccc(OC(C)(C)CO)c(OC)c1. The maximum atomic E-state index is 11.4. The van der Waals surface area contributed by atoms with Crippen molar-refractivity contribution in [3.63, 3.8) is 0 Å². The maximum absolute atomic E-state index is 11.4. The molecule has 0 unspecified atom stereocenters. The van der Waals surface area contributed by atoms with Gasteiger partial charge in [0, 0.05) is 0 Å². The smallest absolute Gasteiger partial charge is 0.337 e. The van der Waals surface area contributed by atoms with Crippen LogP contribution in [0.15, 0.2) is 18.2 Å². The Morgan fingerprint density at radius 1 is 1.28 bits per heavy atom. The van der Waals surface area contributed by atoms with Crippen molar-refractivity contribution in [3.8, 4) is 11.5 Å². The van der Waals surface area contributed by atoms with Crippen LogP contribution in [0.1, 0.15) is 24.2 Å². The van der Waals surface area contributed by atoms with E-state index in [1.54, 1.807) is 26.0 Å². The van der Waals surface area contributed by atoms with E-state index in [-0.39, 0.29) is 6.61 Å². The molecule has 0 amide bonds. The molecule has 0 aliphatic carbocycles. The van der Waals surface area contributed by atoms with Gasteiger partial charge in [-0.3, -0.25) is 0 Å². The zero-order valence-electron chi connectivity index (χ0n) is 11.0. The van der Waals surface area contributed by atoms with E-state index in [0.29, 0.717) is 17.1 Å². The standard InChI is InChI=1S/C13H18O5/c1-13(2,8-14)18-10-6-5-9(12(15)17-4)7-11(10)16-3/h5-7,14H,8H2,1-4H3. The Morgan fingerprint density at radius 3 is 2.44 bits per heavy atom. The van der Waals surface area contributed by atoms with E-state index in [9.17, 15) is 4.79 Å². The quantitative estimate of drug-likeness (QED) is 0.809. The number of hydrogen-bond donors (Lipinski definition) is 1. The van der Waals surface area contributed by atoms with Crippen molar-refractivity contribution in [2.45, 2.75) is 19.4 Å². The molecule has 0 aliphatic heterocycles. The molecule has 5 heteroatoms. The number of benzene rings is 1. The summed E-state index contributed by atoms with van der Waals surface area (Å²) in [7, 11) is 2.79. The molecule has 0 heterocycles. The molecule has 0 saturated carbocycles. The molecule has 1 aromatic rings. The van der Waals surface area contributed by atoms with Gasteiger partial charge in [-0.2, -0.15) is 0 Å². The Balaban J connectivity index is 3.04. The van der Waals surface area contributed by atoms with Gasteiger partial charge in [-0.1, -0.05) is 0 Å². The molecule has 0 radical (unpaired) electrons. The maximum Gasteiger partial charge on any atom is 0.337 e. The summed E-state index contributed by atoms with van der Waals surface area (Å²) < 4.78 is 15.4. The summed E-state index contributed by atoms with van der Waals surface area (Å²) in [4.78, 5) is 11.4. The van der Waals surface area contributed by atoms with Gasteiger partial charge in [-0.05, 0) is 32.0 Å². The highest BCUT2D eigenvalue weighted by Crippen LogP contribution is 2.31. The fraction of sp³-hybridized carbons (Fsp3) is 0.462. The number of esters is 1. The largest absolute Gasteiger partial charge is 0.493 e. The first-order chi connectivity index (χ1) is 8.43. The van der Waals surface area contributed by atoms with Crippen molar-refractivity contribution < 1.29 is 24.1 Å². The average molecular weight is 254 g/mol. The Bertz CT molecular complexity index is 425. The third-order valence-electron chi connectivity index (χ3n) is 2.35. The summed E-state index contributed by atoms with van der Waals surface area (Å²) >= 11 is 0. The first-order valence-corrected chi connectivity index (χ1v) is 5.49. The predicted molar refractivity (Wildman–Crippen MR) is 66.1 cm³/mol. The van der Waals surface area contributed by atoms with Crippen molar-refractivity contribution in [1.82, 2.24) is 0 Å². The zero-order valence-corrected chi connectivity index (χ0v) is 11.0. The summed E-state index contributed by atoms with van der Waals surface area (Å²) in [6.07, 6.45) is 0. The zero-order chi connectivity index (χ0) is 13.8. The minimum atomic E-state index is -0.722. The van der Waals surface area contributed by atoms with E-state index in [1.165, 1.54) is 20.3 Å². The molecule has 0 spiro atoms. The molecule has 0 saturated heterocycles. The number of methoxy groups -OCH3 is 2. The fourth-order valence-electron chi connectivity index (χ4n) is 1.33. The van der Waals surface area contributed by atoms with Crippen LogP contribution in [0.4, 0.5) is 0 Å². The molecule has 0 aliphatic rings. The van der Waals surface area contributed by atoms with Crippen LogP contribution in [0.3, 0.4) is 0 Å². The highest BCUT2D eigenvalue weighted by molar-refractivity contribution is 5.90. The van der Waals surface area contributed by atoms with Crippen LogP contribution in [0.5, 0.6) is 11.5 Å². The molecule has 1 rings (SSSR count). The molecule has 0 fully saturated rings. The van der Waals surface area contributed by atoms with Gasteiger partial charge in [0.15, 0.2) is 11.5 Å². The lowest BCUT2D eigenvalue weighted by molar-refractivity contribution is 0.0389. The van der Waals surface area contributed by atoms with E-state index >= 15 is 0 Å². The van der Waals surface area contributed by atoms with Crippen molar-refractivity contribution in [2.24, 2.45) is 0 Å². The number of aliphatic hydroxyl groups excluding tert-OH is 1. The lowest BCUT2D eigenvalue weighted by Gasteiger charge is -2.25. The molecule has 1 aromatic carbocycles. The van der Waals surface area contributed by atoms with Crippen LogP contribution >= 0.6 is 0 Å². The van der Waals surface area contributed by atoms with Crippen molar-refractivity contribution in [2.75, 3.05) is 20.8 Å². The molecule has 18 heavy (non-hydrogen) atoms. The monoisotopic (exact) mass is 254 g/mol. The van der Waals surface area contributed by atoms with Gasteiger partial charge < -0.3 is 19.3 Å². The van der Waals surface area contributed by atoms with Crippen molar-refractivity contribution in [3.05, 3.63) is 23.8 Å². The summed E-state index contributed by atoms with van der Waals surface area (Å²) in [6, 6.07) is 4.73.